The van der Waals surface area contributed by atoms with Gasteiger partial charge in [0.15, 0.2) is 5.82 Å². The second-order valence-electron chi connectivity index (χ2n) is 6.26. The van der Waals surface area contributed by atoms with E-state index in [1.165, 1.54) is 10.9 Å². The smallest absolute Gasteiger partial charge is 0.244 e. The standard InChI is InChI=1S/C21H22N6O/c1-2-28-19-10-6-5-9-18(19)25-20-14-24-27-21(26-20)22-12-11-15-13-23-17-8-4-3-7-16(15)17/h3-10,13-14,23H,2,11-12H2,1H3,(H2,22,25,26,27). The van der Waals surface area contributed by atoms with E-state index in [1.54, 1.807) is 6.20 Å². The molecule has 0 atom stereocenters. The van der Waals surface area contributed by atoms with Crippen LogP contribution < -0.4 is 15.4 Å². The maximum Gasteiger partial charge on any atom is 0.244 e. The lowest BCUT2D eigenvalue weighted by Gasteiger charge is -2.12. The summed E-state index contributed by atoms with van der Waals surface area (Å²) in [4.78, 5) is 7.79. The van der Waals surface area contributed by atoms with Crippen LogP contribution >= 0.6 is 0 Å². The first-order valence-corrected chi connectivity index (χ1v) is 9.31. The summed E-state index contributed by atoms with van der Waals surface area (Å²) in [6.07, 6.45) is 4.50. The highest BCUT2D eigenvalue weighted by Crippen LogP contribution is 2.26. The third-order valence-electron chi connectivity index (χ3n) is 4.36. The maximum atomic E-state index is 5.64. The molecule has 4 rings (SSSR count). The van der Waals surface area contributed by atoms with Gasteiger partial charge >= 0.3 is 0 Å². The van der Waals surface area contributed by atoms with Crippen LogP contribution in [0, 0.1) is 0 Å². The summed E-state index contributed by atoms with van der Waals surface area (Å²) in [5.74, 6) is 1.87. The van der Waals surface area contributed by atoms with E-state index in [2.05, 4.69) is 49.0 Å². The Morgan fingerprint density at radius 1 is 1.07 bits per heavy atom. The van der Waals surface area contributed by atoms with E-state index in [-0.39, 0.29) is 0 Å². The average Bonchev–Trinajstić information content (AvgIpc) is 3.13. The van der Waals surface area contributed by atoms with Gasteiger partial charge in [-0.05, 0) is 37.1 Å². The molecule has 2 aromatic heterocycles. The maximum absolute atomic E-state index is 5.64. The van der Waals surface area contributed by atoms with Crippen molar-refractivity contribution in [2.45, 2.75) is 13.3 Å². The molecule has 3 N–H and O–H groups in total. The molecule has 7 heteroatoms. The third kappa shape index (κ3) is 4.03. The van der Waals surface area contributed by atoms with Crippen LogP contribution in [0.3, 0.4) is 0 Å². The summed E-state index contributed by atoms with van der Waals surface area (Å²) in [6.45, 7) is 3.27. The Labute approximate surface area is 163 Å². The van der Waals surface area contributed by atoms with Crippen LogP contribution in [0.5, 0.6) is 5.75 Å². The summed E-state index contributed by atoms with van der Waals surface area (Å²) in [6, 6.07) is 16.0. The highest BCUT2D eigenvalue weighted by atomic mass is 16.5. The van der Waals surface area contributed by atoms with Crippen LogP contribution in [0.15, 0.2) is 60.9 Å². The number of aromatic nitrogens is 4. The van der Waals surface area contributed by atoms with Gasteiger partial charge in [0.1, 0.15) is 5.75 Å². The molecule has 0 aliphatic rings. The minimum absolute atomic E-state index is 0.485. The van der Waals surface area contributed by atoms with Gasteiger partial charge in [-0.2, -0.15) is 10.1 Å². The van der Waals surface area contributed by atoms with Gasteiger partial charge in [-0.25, -0.2) is 0 Å². The van der Waals surface area contributed by atoms with Crippen molar-refractivity contribution in [3.63, 3.8) is 0 Å². The first kappa shape index (κ1) is 17.8. The largest absolute Gasteiger partial charge is 0.492 e. The van der Waals surface area contributed by atoms with E-state index in [0.29, 0.717) is 24.9 Å². The molecule has 4 aromatic rings. The molecule has 0 fully saturated rings. The van der Waals surface area contributed by atoms with E-state index < -0.39 is 0 Å². The normalized spacial score (nSPS) is 10.8. The Balaban J connectivity index is 1.40. The number of hydrogen-bond donors (Lipinski definition) is 3. The number of hydrogen-bond acceptors (Lipinski definition) is 6. The summed E-state index contributed by atoms with van der Waals surface area (Å²) in [7, 11) is 0. The fraction of sp³-hybridized carbons (Fsp3) is 0.190. The van der Waals surface area contributed by atoms with Gasteiger partial charge in [0, 0.05) is 23.6 Å². The fourth-order valence-corrected chi connectivity index (χ4v) is 3.08. The molecule has 0 unspecified atom stereocenters. The summed E-state index contributed by atoms with van der Waals surface area (Å²) in [5.41, 5.74) is 3.25. The van der Waals surface area contributed by atoms with Crippen LogP contribution in [-0.4, -0.2) is 33.3 Å². The quantitative estimate of drug-likeness (QED) is 0.429. The number of nitrogens with one attached hydrogen (secondary N) is 3. The van der Waals surface area contributed by atoms with Crippen molar-refractivity contribution in [2.75, 3.05) is 23.8 Å². The van der Waals surface area contributed by atoms with Crippen molar-refractivity contribution >= 4 is 28.4 Å². The van der Waals surface area contributed by atoms with E-state index in [9.17, 15) is 0 Å². The van der Waals surface area contributed by atoms with E-state index >= 15 is 0 Å². The number of aromatic amines is 1. The molecule has 0 saturated carbocycles. The Kier molecular flexibility index (Phi) is 5.33. The molecule has 0 aliphatic heterocycles. The number of rotatable bonds is 8. The second-order valence-corrected chi connectivity index (χ2v) is 6.26. The Morgan fingerprint density at radius 3 is 2.86 bits per heavy atom. The first-order chi connectivity index (χ1) is 13.8. The van der Waals surface area contributed by atoms with Crippen molar-refractivity contribution in [3.05, 3.63) is 66.5 Å². The van der Waals surface area contributed by atoms with Gasteiger partial charge in [-0.3, -0.25) is 0 Å². The Hall–Kier alpha value is -3.61. The van der Waals surface area contributed by atoms with Gasteiger partial charge in [-0.1, -0.05) is 30.3 Å². The molecule has 2 aromatic carbocycles. The zero-order valence-electron chi connectivity index (χ0n) is 15.6. The lowest BCUT2D eigenvalue weighted by atomic mass is 10.1. The van der Waals surface area contributed by atoms with Crippen LogP contribution in [0.2, 0.25) is 0 Å². The summed E-state index contributed by atoms with van der Waals surface area (Å²) < 4.78 is 5.64. The molecule has 2 heterocycles. The lowest BCUT2D eigenvalue weighted by molar-refractivity contribution is 0.342. The average molecular weight is 374 g/mol. The highest BCUT2D eigenvalue weighted by molar-refractivity contribution is 5.83. The summed E-state index contributed by atoms with van der Waals surface area (Å²) in [5, 5.41) is 15.8. The van der Waals surface area contributed by atoms with Gasteiger partial charge in [0.2, 0.25) is 5.95 Å². The number of nitrogens with zero attached hydrogens (tertiary/aromatic N) is 3. The minimum atomic E-state index is 0.485. The van der Waals surface area contributed by atoms with Crippen LogP contribution in [0.25, 0.3) is 10.9 Å². The second kappa shape index (κ2) is 8.39. The van der Waals surface area contributed by atoms with Gasteiger partial charge < -0.3 is 20.4 Å². The zero-order chi connectivity index (χ0) is 19.2. The molecule has 0 radical (unpaired) electrons. The molecule has 7 nitrogen and oxygen atoms in total. The fourth-order valence-electron chi connectivity index (χ4n) is 3.08. The Morgan fingerprint density at radius 2 is 1.93 bits per heavy atom. The molecule has 142 valence electrons. The molecular formula is C21H22N6O. The van der Waals surface area contributed by atoms with Gasteiger partial charge in [0.05, 0.1) is 18.5 Å². The van der Waals surface area contributed by atoms with Gasteiger partial charge in [-0.15, -0.1) is 5.10 Å². The predicted octanol–water partition coefficient (Wildman–Crippen LogP) is 4.15. The molecule has 0 spiro atoms. The monoisotopic (exact) mass is 374 g/mol. The number of H-pyrrole nitrogens is 1. The molecule has 0 saturated heterocycles. The number of benzene rings is 2. The van der Waals surface area contributed by atoms with E-state index in [0.717, 1.165) is 23.4 Å². The zero-order valence-corrected chi connectivity index (χ0v) is 15.6. The predicted molar refractivity (Wildman–Crippen MR) is 111 cm³/mol. The molecular weight excluding hydrogens is 352 g/mol. The van der Waals surface area contributed by atoms with Crippen molar-refractivity contribution in [1.29, 1.82) is 0 Å². The summed E-state index contributed by atoms with van der Waals surface area (Å²) >= 11 is 0. The Bertz CT molecular complexity index is 1060. The SMILES string of the molecule is CCOc1ccccc1Nc1cnnc(NCCc2c[nH]c3ccccc23)n1. The molecule has 0 amide bonds. The van der Waals surface area contributed by atoms with E-state index in [4.69, 9.17) is 4.74 Å². The van der Waals surface area contributed by atoms with Crippen molar-refractivity contribution in [1.82, 2.24) is 20.2 Å². The first-order valence-electron chi connectivity index (χ1n) is 9.31. The molecule has 0 bridgehead atoms. The van der Waals surface area contributed by atoms with Gasteiger partial charge in [0.25, 0.3) is 0 Å². The van der Waals surface area contributed by atoms with Crippen molar-refractivity contribution < 1.29 is 4.74 Å². The topological polar surface area (TPSA) is 87.8 Å². The van der Waals surface area contributed by atoms with Crippen molar-refractivity contribution in [3.8, 4) is 5.75 Å². The number of anilines is 3. The third-order valence-corrected chi connectivity index (χ3v) is 4.36. The lowest BCUT2D eigenvalue weighted by Crippen LogP contribution is -2.09. The molecule has 28 heavy (non-hydrogen) atoms. The molecule has 0 aliphatic carbocycles. The van der Waals surface area contributed by atoms with Crippen LogP contribution in [-0.2, 0) is 6.42 Å². The van der Waals surface area contributed by atoms with E-state index in [1.807, 2.05) is 43.5 Å². The minimum Gasteiger partial charge on any atom is -0.492 e. The van der Waals surface area contributed by atoms with Crippen LogP contribution in [0.1, 0.15) is 12.5 Å². The number of ether oxygens (including phenoxy) is 1. The van der Waals surface area contributed by atoms with Crippen molar-refractivity contribution in [2.24, 2.45) is 0 Å². The van der Waals surface area contributed by atoms with Crippen LogP contribution in [0.4, 0.5) is 17.5 Å². The highest BCUT2D eigenvalue weighted by Gasteiger charge is 2.07. The number of para-hydroxylation sites is 3. The number of fused-ring (bicyclic) bond motifs is 1.